The first-order chi connectivity index (χ1) is 20.4. The molecule has 0 radical (unpaired) electrons. The fraction of sp³-hybridized carbons (Fsp3) is 0.355. The first-order valence-electron chi connectivity index (χ1n) is 14.2. The fourth-order valence-corrected chi connectivity index (χ4v) is 5.82. The van der Waals surface area contributed by atoms with Gasteiger partial charge >= 0.3 is 0 Å². The number of nitrogens with two attached hydrogens (primary N) is 1. The Kier molecular flexibility index (Phi) is 8.19. The highest BCUT2D eigenvalue weighted by Gasteiger charge is 2.28. The number of primary amides is 1. The van der Waals surface area contributed by atoms with E-state index in [1.54, 1.807) is 0 Å². The van der Waals surface area contributed by atoms with Gasteiger partial charge in [-0.2, -0.15) is 0 Å². The first kappa shape index (κ1) is 28.3. The highest BCUT2D eigenvalue weighted by molar-refractivity contribution is 6.31. The van der Waals surface area contributed by atoms with Crippen LogP contribution < -0.4 is 20.8 Å². The zero-order chi connectivity index (χ0) is 29.2. The Balaban J connectivity index is 1.50. The Hall–Kier alpha value is -3.86. The lowest BCUT2D eigenvalue weighted by atomic mass is 9.96. The number of ether oxygens (including phenoxy) is 1. The second kappa shape index (κ2) is 12.2. The summed E-state index contributed by atoms with van der Waals surface area (Å²) < 4.78 is 19.5. The molecular formula is C31H34ClFN6O3. The number of nitrogens with one attached hydrogen (secondary N) is 1. The lowest BCUT2D eigenvalue weighted by molar-refractivity contribution is 0.0799. The number of anilines is 2. The number of amides is 1. The van der Waals surface area contributed by atoms with Gasteiger partial charge in [0.15, 0.2) is 0 Å². The van der Waals surface area contributed by atoms with Crippen molar-refractivity contribution in [2.75, 3.05) is 56.7 Å². The van der Waals surface area contributed by atoms with Crippen molar-refractivity contribution < 1.29 is 18.8 Å². The number of hydrogen-bond donors (Lipinski definition) is 2. The van der Waals surface area contributed by atoms with Crippen LogP contribution in [0.15, 0.2) is 54.6 Å². The number of piperazine rings is 1. The van der Waals surface area contributed by atoms with Crippen LogP contribution in [0.5, 0.6) is 0 Å². The summed E-state index contributed by atoms with van der Waals surface area (Å²) in [7, 11) is 2.12. The molecule has 6 rings (SSSR count). The van der Waals surface area contributed by atoms with Crippen LogP contribution in [0.1, 0.15) is 28.8 Å². The molecule has 3 N–H and O–H groups in total. The molecule has 0 unspecified atom stereocenters. The molecule has 220 valence electrons. The van der Waals surface area contributed by atoms with Crippen molar-refractivity contribution in [3.8, 4) is 11.3 Å². The van der Waals surface area contributed by atoms with Crippen LogP contribution >= 0.6 is 11.6 Å². The maximum Gasteiger partial charge on any atom is 0.250 e. The van der Waals surface area contributed by atoms with Gasteiger partial charge in [-0.15, -0.1) is 5.10 Å². The second-order valence-corrected chi connectivity index (χ2v) is 11.2. The van der Waals surface area contributed by atoms with Crippen LogP contribution in [0.4, 0.5) is 15.8 Å². The smallest absolute Gasteiger partial charge is 0.250 e. The number of para-hydroxylation sites is 1. The predicted molar refractivity (Wildman–Crippen MR) is 163 cm³/mol. The molecule has 9 nitrogen and oxygen atoms in total. The van der Waals surface area contributed by atoms with Crippen molar-refractivity contribution in [1.82, 2.24) is 14.8 Å². The van der Waals surface area contributed by atoms with Crippen molar-refractivity contribution >= 4 is 39.8 Å². The number of benzene rings is 3. The number of halogens is 2. The third-order valence-electron chi connectivity index (χ3n) is 8.01. The zero-order valence-electron chi connectivity index (χ0n) is 23.5. The number of fused-ring (bicyclic) bond motifs is 1. The van der Waals surface area contributed by atoms with Gasteiger partial charge in [-0.3, -0.25) is 4.79 Å². The van der Waals surface area contributed by atoms with Crippen molar-refractivity contribution in [1.29, 1.82) is 0 Å². The van der Waals surface area contributed by atoms with E-state index in [9.17, 15) is 9.18 Å². The molecule has 2 aliphatic rings. The van der Waals surface area contributed by atoms with Gasteiger partial charge in [0.05, 0.1) is 16.8 Å². The van der Waals surface area contributed by atoms with Gasteiger partial charge in [0.1, 0.15) is 23.6 Å². The monoisotopic (exact) mass is 592 g/mol. The highest BCUT2D eigenvalue weighted by atomic mass is 35.5. The summed E-state index contributed by atoms with van der Waals surface area (Å²) >= 11 is 6.31. The highest BCUT2D eigenvalue weighted by Crippen LogP contribution is 2.43. The largest absolute Gasteiger partial charge is 0.391 e. The molecule has 1 amide bonds. The number of nitrogens with zero attached hydrogens (tertiary/aromatic N) is 4. The quantitative estimate of drug-likeness (QED) is 0.309. The van der Waals surface area contributed by atoms with Crippen LogP contribution in [-0.4, -0.2) is 73.2 Å². The molecule has 42 heavy (non-hydrogen) atoms. The van der Waals surface area contributed by atoms with Crippen molar-refractivity contribution in [3.05, 3.63) is 76.6 Å². The summed E-state index contributed by atoms with van der Waals surface area (Å²) in [5.74, 6) is -0.913. The maximum absolute atomic E-state index is 13.9. The molecule has 2 fully saturated rings. The van der Waals surface area contributed by atoms with E-state index in [1.807, 2.05) is 36.4 Å². The molecule has 3 heterocycles. The summed E-state index contributed by atoms with van der Waals surface area (Å²) in [6.07, 6.45) is 1.62. The normalized spacial score (nSPS) is 16.6. The van der Waals surface area contributed by atoms with E-state index in [4.69, 9.17) is 32.0 Å². The van der Waals surface area contributed by atoms with Gasteiger partial charge in [-0.1, -0.05) is 34.6 Å². The standard InChI is InChI=1S/C31H34ClFN6O3/c1-37-12-14-38(15-13-37)27-9-7-24(31(34)40)29(35-22-10-16-41-17-11-22)28(27)30-23-4-2-3-5-26(23)39(36-30)42-19-20-18-21(33)6-8-25(20)32/h2-9,18,22,35H,10-17,19H2,1H3,(H2,34,40). The third-order valence-corrected chi connectivity index (χ3v) is 8.37. The van der Waals surface area contributed by atoms with E-state index in [0.29, 0.717) is 40.7 Å². The molecular weight excluding hydrogens is 559 g/mol. The molecule has 0 spiro atoms. The molecule has 0 saturated carbocycles. The van der Waals surface area contributed by atoms with Gasteiger partial charge in [0.2, 0.25) is 0 Å². The maximum atomic E-state index is 13.9. The Bertz CT molecular complexity index is 1600. The van der Waals surface area contributed by atoms with Crippen molar-refractivity contribution in [2.45, 2.75) is 25.5 Å². The minimum absolute atomic E-state index is 0.0154. The molecule has 3 aromatic carbocycles. The first-order valence-corrected chi connectivity index (χ1v) is 14.6. The Labute approximate surface area is 248 Å². The summed E-state index contributed by atoms with van der Waals surface area (Å²) in [4.78, 5) is 25.0. The minimum Gasteiger partial charge on any atom is -0.391 e. The Morgan fingerprint density at radius 1 is 1.12 bits per heavy atom. The SMILES string of the molecule is CN1CCN(c2ccc(C(N)=O)c(NC3CCOCC3)c2-c2nn(OCc3cc(F)ccc3Cl)c3ccccc23)CC1. The zero-order valence-corrected chi connectivity index (χ0v) is 24.2. The molecule has 4 aromatic rings. The molecule has 1 aromatic heterocycles. The van der Waals surface area contributed by atoms with Gasteiger partial charge in [0, 0.05) is 67.1 Å². The summed E-state index contributed by atoms with van der Waals surface area (Å²) in [6, 6.07) is 15.8. The van der Waals surface area contributed by atoms with Crippen LogP contribution in [0.2, 0.25) is 5.02 Å². The van der Waals surface area contributed by atoms with E-state index in [1.165, 1.54) is 23.0 Å². The number of carbonyl (C=O) groups is 1. The molecule has 0 bridgehead atoms. The lowest BCUT2D eigenvalue weighted by Crippen LogP contribution is -2.44. The topological polar surface area (TPSA) is 97.9 Å². The van der Waals surface area contributed by atoms with E-state index in [0.717, 1.165) is 61.2 Å². The third kappa shape index (κ3) is 5.74. The summed E-state index contributed by atoms with van der Waals surface area (Å²) in [5, 5.41) is 9.87. The molecule has 11 heteroatoms. The van der Waals surface area contributed by atoms with Crippen LogP contribution in [0, 0.1) is 5.82 Å². The lowest BCUT2D eigenvalue weighted by Gasteiger charge is -2.36. The number of aromatic nitrogens is 2. The van der Waals surface area contributed by atoms with Crippen LogP contribution in [0.25, 0.3) is 22.2 Å². The van der Waals surface area contributed by atoms with E-state index < -0.39 is 11.7 Å². The number of likely N-dealkylation sites (N-methyl/N-ethyl adjacent to an activating group) is 1. The van der Waals surface area contributed by atoms with Crippen molar-refractivity contribution in [3.63, 3.8) is 0 Å². The Morgan fingerprint density at radius 3 is 2.64 bits per heavy atom. The second-order valence-electron chi connectivity index (χ2n) is 10.8. The predicted octanol–water partition coefficient (Wildman–Crippen LogP) is 4.57. The summed E-state index contributed by atoms with van der Waals surface area (Å²) in [6.45, 7) is 4.77. The van der Waals surface area contributed by atoms with Gasteiger partial charge < -0.3 is 30.4 Å². The van der Waals surface area contributed by atoms with Gasteiger partial charge in [-0.05, 0) is 56.3 Å². The van der Waals surface area contributed by atoms with Gasteiger partial charge in [-0.25, -0.2) is 4.39 Å². The van der Waals surface area contributed by atoms with Crippen LogP contribution in [-0.2, 0) is 11.3 Å². The number of carbonyl (C=O) groups excluding carboxylic acids is 1. The van der Waals surface area contributed by atoms with Crippen LogP contribution in [0.3, 0.4) is 0 Å². The summed E-state index contributed by atoms with van der Waals surface area (Å²) in [5.41, 5.74) is 10.7. The fourth-order valence-electron chi connectivity index (χ4n) is 5.65. The minimum atomic E-state index is -0.517. The average molecular weight is 593 g/mol. The molecule has 0 aliphatic carbocycles. The molecule has 0 atom stereocenters. The molecule has 2 aliphatic heterocycles. The van der Waals surface area contributed by atoms with Crippen molar-refractivity contribution in [2.24, 2.45) is 5.73 Å². The number of rotatable bonds is 8. The van der Waals surface area contributed by atoms with Gasteiger partial charge in [0.25, 0.3) is 5.91 Å². The average Bonchev–Trinajstić information content (AvgIpc) is 3.36. The number of hydrogen-bond acceptors (Lipinski definition) is 7. The molecule has 2 saturated heterocycles. The van der Waals surface area contributed by atoms with E-state index in [2.05, 4.69) is 22.2 Å². The van der Waals surface area contributed by atoms with E-state index >= 15 is 0 Å². The van der Waals surface area contributed by atoms with E-state index in [-0.39, 0.29) is 12.6 Å². The Morgan fingerprint density at radius 2 is 1.88 bits per heavy atom.